The van der Waals surface area contributed by atoms with Gasteiger partial charge < -0.3 is 13.3 Å². The minimum Gasteiger partial charge on any atom is -0.455 e. The molecule has 0 fully saturated rings. The van der Waals surface area contributed by atoms with Gasteiger partial charge in [-0.3, -0.25) is 0 Å². The van der Waals surface area contributed by atoms with E-state index in [1.807, 2.05) is 0 Å². The predicted octanol–water partition coefficient (Wildman–Crippen LogP) is 40.8. The molecular formula is C142H86O3. The van der Waals surface area contributed by atoms with Gasteiger partial charge in [-0.25, -0.2) is 0 Å². The Balaban J connectivity index is 0.000000145. The van der Waals surface area contributed by atoms with Crippen molar-refractivity contribution in [3.8, 4) is 100 Å². The Morgan fingerprint density at radius 2 is 0.352 bits per heavy atom. The smallest absolute Gasteiger partial charge is 0.143 e. The van der Waals surface area contributed by atoms with Crippen molar-refractivity contribution < 1.29 is 131 Å². The molecule has 0 aliphatic rings. The van der Waals surface area contributed by atoms with Crippen molar-refractivity contribution >= 4 is 206 Å². The average molecular weight is 1930 g/mol. The normalized spacial score (nSPS) is 20.2. The van der Waals surface area contributed by atoms with Crippen LogP contribution < -0.4 is 0 Å². The third kappa shape index (κ3) is 13.5. The largest absolute Gasteiger partial charge is 0.455 e. The Hall–Kier alpha value is -19.1. The van der Waals surface area contributed by atoms with Gasteiger partial charge in [0, 0.05) is 48.5 Å². The lowest BCUT2D eigenvalue weighted by Gasteiger charge is -2.19. The fourth-order valence-electron chi connectivity index (χ4n) is 18.1. The fraction of sp³-hybridized carbons (Fsp3) is 0. The first kappa shape index (κ1) is 34.1. The third-order valence-electron chi connectivity index (χ3n) is 24.2. The highest BCUT2D eigenvalue weighted by Crippen LogP contribution is 2.53. The summed E-state index contributed by atoms with van der Waals surface area (Å²) in [5, 5.41) is -19.8. The minimum atomic E-state index is -1.14. The van der Waals surface area contributed by atoms with E-state index in [2.05, 4.69) is 0 Å². The van der Waals surface area contributed by atoms with Crippen LogP contribution in [0.4, 0.5) is 0 Å². The molecule has 3 nitrogen and oxygen atoms in total. The molecule has 0 bridgehead atoms. The van der Waals surface area contributed by atoms with Crippen LogP contribution in [0.5, 0.6) is 0 Å². The van der Waals surface area contributed by atoms with Crippen LogP contribution in [0.25, 0.3) is 306 Å². The van der Waals surface area contributed by atoms with Crippen LogP contribution in [-0.2, 0) is 0 Å². The molecule has 672 valence electrons. The molecule has 145 heavy (non-hydrogen) atoms. The monoisotopic (exact) mass is 1930 g/mol. The summed E-state index contributed by atoms with van der Waals surface area (Å²) in [6.07, 6.45) is 0. The summed E-state index contributed by atoms with van der Waals surface area (Å²) in [7, 11) is 0. The quantitative estimate of drug-likeness (QED) is 0.107. The van der Waals surface area contributed by atoms with Crippen LogP contribution >= 0.6 is 0 Å². The second-order valence-corrected chi connectivity index (χ2v) is 31.8. The molecule has 3 heteroatoms. The Labute approximate surface area is 955 Å². The van der Waals surface area contributed by atoms with Gasteiger partial charge in [-0.2, -0.15) is 0 Å². The lowest BCUT2D eigenvalue weighted by atomic mass is 9.83. The first-order chi connectivity index (χ1) is 108. The van der Waals surface area contributed by atoms with Crippen molar-refractivity contribution in [3.63, 3.8) is 0 Å². The molecule has 0 unspecified atom stereocenters. The zero-order valence-electron chi connectivity index (χ0n) is 158. The van der Waals surface area contributed by atoms with Gasteiger partial charge in [0.15, 0.2) is 0 Å². The number of fused-ring (bicyclic) bond motifs is 26. The summed E-state index contributed by atoms with van der Waals surface area (Å²) in [6, 6.07) is -79.8. The molecule has 0 aliphatic carbocycles. The van der Waals surface area contributed by atoms with E-state index in [-0.39, 0.29) is 0 Å². The number of hydrogen-bond donors (Lipinski definition) is 0. The Morgan fingerprint density at radius 1 is 0.117 bits per heavy atom. The second kappa shape index (κ2) is 33.9. The fourth-order valence-corrected chi connectivity index (χ4v) is 18.1. The molecule has 3 aromatic heterocycles. The molecule has 3 heterocycles. The molecule has 31 rings (SSSR count). The Bertz CT molecular complexity index is 16200. The first-order valence-electron chi connectivity index (χ1n) is 86.0. The highest BCUT2D eigenvalue weighted by molar-refractivity contribution is 6.30. The van der Waals surface area contributed by atoms with Crippen molar-refractivity contribution in [3.05, 3.63) is 520 Å². The van der Waals surface area contributed by atoms with Crippen molar-refractivity contribution in [2.24, 2.45) is 0 Å². The molecule has 0 aliphatic heterocycles. The minimum absolute atomic E-state index is 0.426. The highest BCUT2D eigenvalue weighted by Gasteiger charge is 2.26. The topological polar surface area (TPSA) is 39.4 Å². The van der Waals surface area contributed by atoms with E-state index in [1.165, 1.54) is 0 Å². The highest BCUT2D eigenvalue weighted by atomic mass is 16.3. The van der Waals surface area contributed by atoms with Crippen LogP contribution in [0.15, 0.2) is 533 Å². The van der Waals surface area contributed by atoms with E-state index in [4.69, 9.17) is 87.3 Å². The number of furan rings is 3. The van der Waals surface area contributed by atoms with E-state index in [1.54, 1.807) is 0 Å². The molecule has 0 amide bonds. The van der Waals surface area contributed by atoms with Gasteiger partial charge in [0.05, 0.1) is 118 Å². The molecule has 0 saturated carbocycles. The van der Waals surface area contributed by atoms with E-state index >= 15 is 0 Å². The van der Waals surface area contributed by atoms with Gasteiger partial charge >= 0.3 is 0 Å². The van der Waals surface area contributed by atoms with Gasteiger partial charge in [-0.1, -0.05) is 471 Å². The van der Waals surface area contributed by atoms with Gasteiger partial charge in [0.1, 0.15) is 33.5 Å². The molecular weight excluding hydrogens is 1750 g/mol. The van der Waals surface area contributed by atoms with Gasteiger partial charge in [-0.05, 0) is 272 Å². The maximum absolute atomic E-state index is 9.84. The van der Waals surface area contributed by atoms with Gasteiger partial charge in [-0.15, -0.1) is 0 Å². The number of benzene rings is 28. The molecule has 0 spiro atoms. The maximum Gasteiger partial charge on any atom is 0.143 e. The molecule has 0 saturated heterocycles. The van der Waals surface area contributed by atoms with Crippen molar-refractivity contribution in [2.75, 3.05) is 0 Å². The van der Waals surface area contributed by atoms with Gasteiger partial charge in [0.25, 0.3) is 0 Å². The second-order valence-electron chi connectivity index (χ2n) is 31.8. The van der Waals surface area contributed by atoms with E-state index in [0.29, 0.717) is 0 Å². The third-order valence-corrected chi connectivity index (χ3v) is 24.2. The lowest BCUT2D eigenvalue weighted by Crippen LogP contribution is -1.92. The van der Waals surface area contributed by atoms with Crippen LogP contribution in [0.3, 0.4) is 0 Å². The first-order valence-corrected chi connectivity index (χ1v) is 43.0. The average Bonchev–Trinajstić information content (AvgIpc) is 0.747. The standard InChI is InChI=1S/C50H30O.2C46H28O/c1-4-15-37-31(12-1)28-29-44-49-36(22-11-23-46(49)51-50(37)44)32-24-26-33(27-25-32)47-40-18-7-9-20-42(40)48(43-21-10-8-19-41(43)47)45-30-34-13-2-3-14-35(34)38-16-5-6-17-39(38)45;1-3-14-33-29(11-1)13-9-21-36(33)44-39-18-7-5-16-37(39)43(38-17-6-8-19-40(38)44)32-25-23-31(24-26-32)34-20-10-22-42-45(34)41-28-27-30-12-2-4-15-35(30)46(41)47-42;1-2-12-33-28-34(25-20-29(33)10-1)44-39-16-7-5-14-37(39)43(38-15-6-8-17-40(38)44)32-23-21-31(22-24-32)35-18-9-19-42-45(35)41-27-26-30-11-3-4-13-36(30)46(41)47-42/h1-30H;2*1-28H/i1D,2D,3D,4D,5D,6D,7D,8D,9D,10D,11D,12D,13D,14D,15D,16D,17D,18D,19D,20D,21D,22D,23D,24D,25D,26D,27D,28D,29D,30D;2*1D,2D,3D,4D,5D,6D,7D,8D,9D,10D,11D,12D,13D,14D,15D,16D,17D,18D,19D,20D,21D,22D,23D,24D,25D,26D,27D,28D. The van der Waals surface area contributed by atoms with Crippen molar-refractivity contribution in [2.45, 2.75) is 0 Å². The summed E-state index contributed by atoms with van der Waals surface area (Å²) in [5.74, 6) is 0. The van der Waals surface area contributed by atoms with Gasteiger partial charge in [0.2, 0.25) is 0 Å². The molecule has 0 N–H and O–H groups in total. The van der Waals surface area contributed by atoms with Crippen LogP contribution in [-0.4, -0.2) is 0 Å². The zero-order chi connectivity index (χ0) is 170. The Kier molecular flexibility index (Phi) is 7.98. The van der Waals surface area contributed by atoms with Crippen LogP contribution in [0, 0.1) is 0 Å². The van der Waals surface area contributed by atoms with E-state index in [0.717, 1.165) is 0 Å². The summed E-state index contributed by atoms with van der Waals surface area (Å²) in [4.78, 5) is 0. The molecule has 28 aromatic carbocycles. The van der Waals surface area contributed by atoms with Crippen LogP contribution in [0.2, 0.25) is 0 Å². The number of hydrogen-bond acceptors (Lipinski definition) is 3. The summed E-state index contributed by atoms with van der Waals surface area (Å²) in [6.45, 7) is 0. The number of rotatable bonds is 9. The molecule has 31 aromatic rings. The van der Waals surface area contributed by atoms with E-state index in [9.17, 15) is 43.9 Å². The predicted molar refractivity (Wildman–Crippen MR) is 618 cm³/mol. The van der Waals surface area contributed by atoms with Crippen LogP contribution in [0.1, 0.15) is 118 Å². The zero-order valence-corrected chi connectivity index (χ0v) is 72.2. The molecule has 0 radical (unpaired) electrons. The van der Waals surface area contributed by atoms with E-state index < -0.39 is 826 Å². The Morgan fingerprint density at radius 3 is 0.717 bits per heavy atom. The maximum atomic E-state index is 9.84. The van der Waals surface area contributed by atoms with Crippen molar-refractivity contribution in [1.29, 1.82) is 0 Å². The summed E-state index contributed by atoms with van der Waals surface area (Å²) in [5.41, 5.74) is -17.4. The summed E-state index contributed by atoms with van der Waals surface area (Å²) >= 11 is 0. The SMILES string of the molecule is [2H]c1c([2H])c(-c2c([2H])c([2H])c([2H])c3oc4c5c([2H])c([2H])c([2H])c([2H])c5c([2H])c([2H])c4c23)c([2H])c([2H])c1-c1c2c([2H])c([2H])c([2H])c([2H])c2c(-c2c([2H])c([2H])c([2H])c3c([2H])c([2H])c([2H])c([2H])c23)c2c([2H])c([2H])c([2H])c([2H])c12.[2H]c1c([2H])c(-c2c([2H])c([2H])c([2H])c3oc4c5c([2H])c([2H])c([2H])c([2H])c5c([2H])c([2H])c4c23)c([2H])c([2H])c1-c1c2c([2H])c([2H])c([2H])c([2H])c2c(-c2c([2H])c([2H])c3c([2H])c([2H])c([2H])c([2H])c3c2[2H])c2c([2H])c([2H])c([2H])c([2H])c12.[2H]c1c([2H])c(-c2c([2H])c([2H])c([2H])c3oc4c5c([2H])c([2H])c([2H])c([2H])c5c([2H])c([2H])c4c23)c([2H])c([2H])c1-c1c2c([2H])c([2H])c([2H])c([2H])c2c(-c2c([2H])c3c([2H])c([2H])c([2H])c([2H])c3c3c([2H])c([2H])c([2H])c([2H])c23)c2c([2H])c([2H])c([2H])c([2H])c12. The lowest BCUT2D eigenvalue weighted by molar-refractivity contribution is 0.672. The van der Waals surface area contributed by atoms with Crippen molar-refractivity contribution in [1.82, 2.24) is 0 Å². The summed E-state index contributed by atoms with van der Waals surface area (Å²) < 4.78 is 794. The molecule has 0 atom stereocenters.